The molecule has 0 saturated carbocycles. The first kappa shape index (κ1) is 26.8. The monoisotopic (exact) mass is 542 g/mol. The van der Waals surface area contributed by atoms with Crippen LogP contribution in [0.25, 0.3) is 0 Å². The molecule has 37 heavy (non-hydrogen) atoms. The summed E-state index contributed by atoms with van der Waals surface area (Å²) in [6.45, 7) is 5.28. The molecule has 196 valence electrons. The van der Waals surface area contributed by atoms with Crippen LogP contribution in [-0.4, -0.2) is 63.8 Å². The van der Waals surface area contributed by atoms with Crippen LogP contribution in [-0.2, 0) is 21.2 Å². The van der Waals surface area contributed by atoms with Gasteiger partial charge in [0.05, 0.1) is 11.0 Å². The minimum Gasteiger partial charge on any atom is -0.386 e. The molecule has 2 N–H and O–H groups in total. The SMILES string of the molecule is C[C@H](C(=O)N1CCN(c2ccc(S(=O)(=O)N=C(N)CCC#N)cc2)CC1)N1CCCc2cc(Cl)ccc21. The van der Waals surface area contributed by atoms with Crippen LogP contribution in [0.3, 0.4) is 0 Å². The highest BCUT2D eigenvalue weighted by molar-refractivity contribution is 7.90. The highest BCUT2D eigenvalue weighted by Gasteiger charge is 2.31. The molecule has 1 atom stereocenters. The number of hydrogen-bond acceptors (Lipinski definition) is 6. The molecule has 4 rings (SSSR count). The van der Waals surface area contributed by atoms with Crippen molar-refractivity contribution in [1.82, 2.24) is 4.90 Å². The van der Waals surface area contributed by atoms with E-state index in [1.54, 1.807) is 12.1 Å². The molecule has 2 heterocycles. The smallest absolute Gasteiger partial charge is 0.283 e. The second-order valence-corrected chi connectivity index (χ2v) is 11.3. The first-order valence-corrected chi connectivity index (χ1v) is 14.2. The predicted molar refractivity (Wildman–Crippen MR) is 145 cm³/mol. The number of hydrogen-bond donors (Lipinski definition) is 1. The van der Waals surface area contributed by atoms with Gasteiger partial charge >= 0.3 is 0 Å². The third-order valence-electron chi connectivity index (χ3n) is 6.84. The summed E-state index contributed by atoms with van der Waals surface area (Å²) < 4.78 is 28.6. The second kappa shape index (κ2) is 11.4. The van der Waals surface area contributed by atoms with Gasteiger partial charge in [0.15, 0.2) is 0 Å². The molecule has 9 nitrogen and oxygen atoms in total. The van der Waals surface area contributed by atoms with Crippen molar-refractivity contribution in [1.29, 1.82) is 5.26 Å². The summed E-state index contributed by atoms with van der Waals surface area (Å²) in [5.74, 6) is 0.0215. The highest BCUT2D eigenvalue weighted by atomic mass is 35.5. The minimum absolute atomic E-state index is 0.0434. The summed E-state index contributed by atoms with van der Waals surface area (Å²) >= 11 is 6.17. The maximum absolute atomic E-state index is 13.4. The topological polar surface area (TPSA) is 123 Å². The largest absolute Gasteiger partial charge is 0.386 e. The number of piperazine rings is 1. The van der Waals surface area contributed by atoms with Gasteiger partial charge < -0.3 is 20.4 Å². The lowest BCUT2D eigenvalue weighted by molar-refractivity contribution is -0.132. The first-order valence-electron chi connectivity index (χ1n) is 12.3. The second-order valence-electron chi connectivity index (χ2n) is 9.27. The fourth-order valence-corrected chi connectivity index (χ4v) is 6.03. The number of carbonyl (C=O) groups is 1. The number of sulfonamides is 1. The molecule has 2 aliphatic rings. The molecule has 2 aromatic carbocycles. The summed E-state index contributed by atoms with van der Waals surface area (Å²) in [6, 6.07) is 14.0. The van der Waals surface area contributed by atoms with Gasteiger partial charge in [-0.2, -0.15) is 13.7 Å². The van der Waals surface area contributed by atoms with Crippen LogP contribution >= 0.6 is 11.6 Å². The standard InChI is InChI=1S/C26H31ClN6O3S/c1-19(33-13-3-4-20-18-21(27)6-11-24(20)33)26(34)32-16-14-31(15-17-32)22-7-9-23(10-8-22)37(35,36)30-25(29)5-2-12-28/h6-11,18-19H,2-5,13-17H2,1H3,(H2,29,30)/t19-/m1/s1. The maximum atomic E-state index is 13.4. The molecule has 0 aromatic heterocycles. The van der Waals surface area contributed by atoms with E-state index in [1.807, 2.05) is 36.1 Å². The Hall–Kier alpha value is -3.29. The number of anilines is 2. The Morgan fingerprint density at radius 1 is 1.14 bits per heavy atom. The van der Waals surface area contributed by atoms with Crippen LogP contribution in [0.2, 0.25) is 5.02 Å². The van der Waals surface area contributed by atoms with E-state index in [2.05, 4.69) is 14.2 Å². The molecule has 2 aliphatic heterocycles. The van der Waals surface area contributed by atoms with Crippen LogP contribution in [0.4, 0.5) is 11.4 Å². The van der Waals surface area contributed by atoms with Crippen molar-refractivity contribution in [3.05, 3.63) is 53.1 Å². The van der Waals surface area contributed by atoms with Gasteiger partial charge in [0.2, 0.25) is 5.91 Å². The molecule has 0 radical (unpaired) electrons. The Morgan fingerprint density at radius 2 is 1.84 bits per heavy atom. The van der Waals surface area contributed by atoms with Crippen LogP contribution in [0.5, 0.6) is 0 Å². The van der Waals surface area contributed by atoms with Crippen LogP contribution in [0, 0.1) is 11.3 Å². The van der Waals surface area contributed by atoms with Gasteiger partial charge in [0.25, 0.3) is 10.0 Å². The molecule has 1 fully saturated rings. The minimum atomic E-state index is -3.93. The Bertz CT molecular complexity index is 1310. The van der Waals surface area contributed by atoms with Crippen molar-refractivity contribution in [2.45, 2.75) is 43.5 Å². The zero-order valence-electron chi connectivity index (χ0n) is 20.8. The Morgan fingerprint density at radius 3 is 2.51 bits per heavy atom. The number of aryl methyl sites for hydroxylation is 1. The average Bonchev–Trinajstić information content (AvgIpc) is 2.90. The van der Waals surface area contributed by atoms with Crippen LogP contribution in [0.15, 0.2) is 51.8 Å². The number of nitrogens with two attached hydrogens (primary N) is 1. The van der Waals surface area contributed by atoms with E-state index >= 15 is 0 Å². The summed E-state index contributed by atoms with van der Waals surface area (Å²) in [7, 11) is -3.93. The quantitative estimate of drug-likeness (QED) is 0.421. The van der Waals surface area contributed by atoms with E-state index < -0.39 is 10.0 Å². The number of nitriles is 1. The van der Waals surface area contributed by atoms with E-state index in [9.17, 15) is 13.2 Å². The molecular formula is C26H31ClN6O3S. The number of nitrogens with zero attached hydrogens (tertiary/aromatic N) is 5. The van der Waals surface area contributed by atoms with Gasteiger partial charge in [-0.05, 0) is 67.8 Å². The number of halogens is 1. The molecule has 0 aliphatic carbocycles. The number of carbonyl (C=O) groups excluding carboxylic acids is 1. The molecule has 2 aromatic rings. The number of benzene rings is 2. The van der Waals surface area contributed by atoms with Crippen molar-refractivity contribution in [2.75, 3.05) is 42.5 Å². The van der Waals surface area contributed by atoms with Gasteiger partial charge in [0, 0.05) is 62.0 Å². The molecular weight excluding hydrogens is 512 g/mol. The fraction of sp³-hybridized carbons (Fsp3) is 0.423. The molecule has 0 spiro atoms. The first-order chi connectivity index (χ1) is 17.7. The van der Waals surface area contributed by atoms with E-state index in [-0.39, 0.29) is 35.5 Å². The Balaban J connectivity index is 1.36. The molecule has 1 amide bonds. The average molecular weight is 543 g/mol. The van der Waals surface area contributed by atoms with Crippen molar-refractivity contribution >= 4 is 44.7 Å². The zero-order chi connectivity index (χ0) is 26.6. The molecule has 1 saturated heterocycles. The van der Waals surface area contributed by atoms with Gasteiger partial charge in [-0.3, -0.25) is 4.79 Å². The van der Waals surface area contributed by atoms with E-state index in [0.717, 1.165) is 30.8 Å². The Labute approximate surface area is 223 Å². The van der Waals surface area contributed by atoms with Crippen LogP contribution < -0.4 is 15.5 Å². The number of amides is 1. The third-order valence-corrected chi connectivity index (χ3v) is 8.42. The summed E-state index contributed by atoms with van der Waals surface area (Å²) in [4.78, 5) is 19.6. The van der Waals surface area contributed by atoms with Gasteiger partial charge in [-0.15, -0.1) is 4.40 Å². The molecule has 11 heteroatoms. The van der Waals surface area contributed by atoms with Gasteiger partial charge in [-0.25, -0.2) is 0 Å². The lowest BCUT2D eigenvalue weighted by Crippen LogP contribution is -2.55. The van der Waals surface area contributed by atoms with Crippen LogP contribution in [0.1, 0.15) is 31.7 Å². The van der Waals surface area contributed by atoms with Crippen molar-refractivity contribution in [3.8, 4) is 6.07 Å². The number of fused-ring (bicyclic) bond motifs is 1. The molecule has 0 bridgehead atoms. The molecule has 0 unspecified atom stereocenters. The van der Waals surface area contributed by atoms with E-state index in [0.29, 0.717) is 31.2 Å². The number of amidine groups is 1. The lowest BCUT2D eigenvalue weighted by atomic mass is 10.00. The fourth-order valence-electron chi connectivity index (χ4n) is 4.85. The summed E-state index contributed by atoms with van der Waals surface area (Å²) in [5.41, 5.74) is 8.78. The van der Waals surface area contributed by atoms with Crippen molar-refractivity contribution < 1.29 is 13.2 Å². The van der Waals surface area contributed by atoms with Gasteiger partial charge in [-0.1, -0.05) is 11.6 Å². The third kappa shape index (κ3) is 6.17. The maximum Gasteiger partial charge on any atom is 0.283 e. The zero-order valence-corrected chi connectivity index (χ0v) is 22.4. The predicted octanol–water partition coefficient (Wildman–Crippen LogP) is 3.18. The Kier molecular flexibility index (Phi) is 8.25. The lowest BCUT2D eigenvalue weighted by Gasteiger charge is -2.41. The summed E-state index contributed by atoms with van der Waals surface area (Å²) in [6.07, 6.45) is 2.17. The highest BCUT2D eigenvalue weighted by Crippen LogP contribution is 2.31. The normalized spacial score (nSPS) is 17.2. The van der Waals surface area contributed by atoms with E-state index in [4.69, 9.17) is 22.6 Å². The van der Waals surface area contributed by atoms with Crippen molar-refractivity contribution in [2.24, 2.45) is 10.1 Å². The number of rotatable bonds is 7. The summed E-state index contributed by atoms with van der Waals surface area (Å²) in [5, 5.41) is 9.34. The van der Waals surface area contributed by atoms with Crippen molar-refractivity contribution in [3.63, 3.8) is 0 Å². The van der Waals surface area contributed by atoms with Gasteiger partial charge in [0.1, 0.15) is 11.9 Å². The van der Waals surface area contributed by atoms with E-state index in [1.165, 1.54) is 17.7 Å².